The Morgan fingerprint density at radius 2 is 1.75 bits per heavy atom. The smallest absolute Gasteiger partial charge is 0.412 e. The zero-order valence-electron chi connectivity index (χ0n) is 22.7. The van der Waals surface area contributed by atoms with Gasteiger partial charge in [0, 0.05) is 24.4 Å². The zero-order valence-corrected chi connectivity index (χ0v) is 22.7. The van der Waals surface area contributed by atoms with E-state index in [4.69, 9.17) is 29.7 Å². The van der Waals surface area contributed by atoms with Gasteiger partial charge in [-0.1, -0.05) is 25.1 Å². The largest absolute Gasteiger partial charge is 0.497 e. The molecule has 3 heterocycles. The Labute approximate surface area is 231 Å². The molecule has 0 aliphatic rings. The van der Waals surface area contributed by atoms with Crippen LogP contribution in [0, 0.1) is 0 Å². The number of amides is 1. The summed E-state index contributed by atoms with van der Waals surface area (Å²) in [6, 6.07) is 15.3. The van der Waals surface area contributed by atoms with E-state index < -0.39 is 6.09 Å². The van der Waals surface area contributed by atoms with Crippen LogP contribution in [0.1, 0.15) is 23.7 Å². The lowest BCUT2D eigenvalue weighted by molar-refractivity contribution is 0.205. The van der Waals surface area contributed by atoms with Gasteiger partial charge in [-0.25, -0.2) is 9.78 Å². The fourth-order valence-electron chi connectivity index (χ4n) is 4.45. The highest BCUT2D eigenvalue weighted by Crippen LogP contribution is 2.32. The molecule has 0 bridgehead atoms. The summed E-state index contributed by atoms with van der Waals surface area (Å²) in [4.78, 5) is 21.1. The van der Waals surface area contributed by atoms with Gasteiger partial charge in [-0.15, -0.1) is 0 Å². The van der Waals surface area contributed by atoms with E-state index in [1.165, 1.54) is 0 Å². The lowest BCUT2D eigenvalue weighted by Gasteiger charge is -2.14. The van der Waals surface area contributed by atoms with Crippen LogP contribution in [0.15, 0.2) is 60.9 Å². The van der Waals surface area contributed by atoms with Crippen molar-refractivity contribution in [1.29, 1.82) is 0 Å². The number of primary amides is 1. The molecule has 0 radical (unpaired) electrons. The number of benzene rings is 2. The molecule has 0 aliphatic carbocycles. The third-order valence-corrected chi connectivity index (χ3v) is 6.43. The van der Waals surface area contributed by atoms with Crippen molar-refractivity contribution in [1.82, 2.24) is 24.3 Å². The molecule has 0 aliphatic heterocycles. The Kier molecular flexibility index (Phi) is 7.54. The Morgan fingerprint density at radius 1 is 0.975 bits per heavy atom. The summed E-state index contributed by atoms with van der Waals surface area (Å²) in [7, 11) is 5.08. The van der Waals surface area contributed by atoms with Crippen molar-refractivity contribution in [2.45, 2.75) is 26.5 Å². The normalized spacial score (nSPS) is 11.0. The molecule has 5 rings (SSSR count). The Morgan fingerprint density at radius 3 is 2.40 bits per heavy atom. The number of aromatic nitrogens is 5. The predicted molar refractivity (Wildman–Crippen MR) is 149 cm³/mol. The number of hydrogen-bond donors (Lipinski definition) is 1. The summed E-state index contributed by atoms with van der Waals surface area (Å²) in [6.07, 6.45) is 3.43. The van der Waals surface area contributed by atoms with Crippen molar-refractivity contribution in [3.05, 3.63) is 77.7 Å². The van der Waals surface area contributed by atoms with E-state index in [2.05, 4.69) is 10.1 Å². The number of fused-ring (bicyclic) bond motifs is 1. The molecule has 40 heavy (non-hydrogen) atoms. The van der Waals surface area contributed by atoms with Gasteiger partial charge in [0.05, 0.1) is 32.7 Å². The van der Waals surface area contributed by atoms with Crippen LogP contribution in [0.25, 0.3) is 22.3 Å². The van der Waals surface area contributed by atoms with E-state index >= 15 is 0 Å². The molecule has 0 fully saturated rings. The first-order valence-corrected chi connectivity index (χ1v) is 12.7. The van der Waals surface area contributed by atoms with Crippen LogP contribution >= 0.6 is 0 Å². The van der Waals surface area contributed by atoms with Crippen LogP contribution in [0.2, 0.25) is 0 Å². The highest BCUT2D eigenvalue weighted by molar-refractivity contribution is 5.81. The van der Waals surface area contributed by atoms with Gasteiger partial charge in [0.1, 0.15) is 17.9 Å². The second-order valence-corrected chi connectivity index (χ2v) is 9.11. The maximum Gasteiger partial charge on any atom is 0.412 e. The molecule has 0 saturated heterocycles. The number of aryl methyl sites for hydroxylation is 2. The summed E-state index contributed by atoms with van der Waals surface area (Å²) < 4.78 is 25.6. The molecule has 2 N–H and O–H groups in total. The maximum atomic E-state index is 11.7. The quantitative estimate of drug-likeness (QED) is 0.273. The van der Waals surface area contributed by atoms with Gasteiger partial charge in [-0.2, -0.15) is 10.1 Å². The zero-order chi connectivity index (χ0) is 28.2. The van der Waals surface area contributed by atoms with Gasteiger partial charge in [0.15, 0.2) is 17.1 Å². The van der Waals surface area contributed by atoms with Crippen LogP contribution in [-0.4, -0.2) is 44.6 Å². The Hall–Kier alpha value is -5.06. The highest BCUT2D eigenvalue weighted by Gasteiger charge is 2.20. The van der Waals surface area contributed by atoms with Crippen molar-refractivity contribution in [3.63, 3.8) is 0 Å². The van der Waals surface area contributed by atoms with E-state index in [9.17, 15) is 4.79 Å². The van der Waals surface area contributed by atoms with Crippen LogP contribution in [0.3, 0.4) is 0 Å². The molecular weight excluding hydrogens is 512 g/mol. The number of nitrogens with zero attached hydrogens (tertiary/aromatic N) is 5. The summed E-state index contributed by atoms with van der Waals surface area (Å²) in [5.41, 5.74) is 11.1. The number of rotatable bonds is 10. The number of ether oxygens (including phenoxy) is 4. The first-order valence-electron chi connectivity index (χ1n) is 12.7. The number of pyridine rings is 1. The van der Waals surface area contributed by atoms with Gasteiger partial charge in [0.25, 0.3) is 0 Å². The SMILES string of the molecule is CCc1nc2c(cc1-c1cnn(C)c1)nc(OC(N)=O)n2Cc1ccc(OCc2ccc(OC)cc2)c(OC)c1. The van der Waals surface area contributed by atoms with E-state index in [1.807, 2.05) is 68.7 Å². The van der Waals surface area contributed by atoms with E-state index in [0.29, 0.717) is 42.2 Å². The minimum Gasteiger partial charge on any atom is -0.497 e. The van der Waals surface area contributed by atoms with E-state index in [0.717, 1.165) is 33.7 Å². The predicted octanol–water partition coefficient (Wildman–Crippen LogP) is 4.50. The fraction of sp³-hybridized carbons (Fsp3) is 0.241. The topological polar surface area (TPSA) is 129 Å². The lowest BCUT2D eigenvalue weighted by atomic mass is 10.1. The van der Waals surface area contributed by atoms with Crippen LogP contribution in [0.4, 0.5) is 4.79 Å². The molecule has 5 aromatic rings. The monoisotopic (exact) mass is 542 g/mol. The van der Waals surface area contributed by atoms with Crippen molar-refractivity contribution >= 4 is 17.3 Å². The average molecular weight is 543 g/mol. The second-order valence-electron chi connectivity index (χ2n) is 9.11. The third kappa shape index (κ3) is 5.53. The lowest BCUT2D eigenvalue weighted by Crippen LogP contribution is -2.19. The first-order chi connectivity index (χ1) is 19.4. The number of carbonyl (C=O) groups is 1. The van der Waals surface area contributed by atoms with Gasteiger partial charge in [-0.3, -0.25) is 9.25 Å². The Balaban J connectivity index is 1.46. The number of nitrogens with two attached hydrogens (primary N) is 1. The van der Waals surface area contributed by atoms with Crippen molar-refractivity contribution in [2.24, 2.45) is 12.8 Å². The molecule has 11 nitrogen and oxygen atoms in total. The van der Waals surface area contributed by atoms with Gasteiger partial charge in [0.2, 0.25) is 0 Å². The van der Waals surface area contributed by atoms with E-state index in [-0.39, 0.29) is 6.01 Å². The van der Waals surface area contributed by atoms with Crippen LogP contribution in [0.5, 0.6) is 23.3 Å². The van der Waals surface area contributed by atoms with Crippen molar-refractivity contribution in [2.75, 3.05) is 14.2 Å². The second kappa shape index (κ2) is 11.4. The number of hydrogen-bond acceptors (Lipinski definition) is 8. The molecule has 1 amide bonds. The van der Waals surface area contributed by atoms with Crippen LogP contribution < -0.4 is 24.7 Å². The number of imidazole rings is 1. The number of methoxy groups -OCH3 is 2. The van der Waals surface area contributed by atoms with Crippen molar-refractivity contribution < 1.29 is 23.7 Å². The molecule has 0 spiro atoms. The molecule has 206 valence electrons. The summed E-state index contributed by atoms with van der Waals surface area (Å²) in [6.45, 7) is 2.70. The maximum absolute atomic E-state index is 11.7. The fourth-order valence-corrected chi connectivity index (χ4v) is 4.45. The first kappa shape index (κ1) is 26.5. The molecule has 2 aromatic carbocycles. The molecular formula is C29H30N6O5. The molecule has 11 heteroatoms. The minimum atomic E-state index is -0.959. The minimum absolute atomic E-state index is 0.0548. The summed E-state index contributed by atoms with van der Waals surface area (Å²) in [5, 5.41) is 4.28. The molecule has 0 unspecified atom stereocenters. The van der Waals surface area contributed by atoms with Crippen molar-refractivity contribution in [3.8, 4) is 34.4 Å². The molecule has 0 atom stereocenters. The Bertz CT molecular complexity index is 1660. The average Bonchev–Trinajstić information content (AvgIpc) is 3.53. The third-order valence-electron chi connectivity index (χ3n) is 6.43. The van der Waals surface area contributed by atoms with Crippen LogP contribution in [-0.2, 0) is 26.6 Å². The van der Waals surface area contributed by atoms with E-state index in [1.54, 1.807) is 29.7 Å². The summed E-state index contributed by atoms with van der Waals surface area (Å²) in [5.74, 6) is 1.94. The van der Waals surface area contributed by atoms with Gasteiger partial charge >= 0.3 is 12.1 Å². The highest BCUT2D eigenvalue weighted by atomic mass is 16.6. The van der Waals surface area contributed by atoms with Gasteiger partial charge in [-0.05, 0) is 47.9 Å². The molecule has 0 saturated carbocycles. The van der Waals surface area contributed by atoms with Gasteiger partial charge < -0.3 is 24.7 Å². The molecule has 3 aromatic heterocycles. The summed E-state index contributed by atoms with van der Waals surface area (Å²) >= 11 is 0. The number of carbonyl (C=O) groups excluding carboxylic acids is 1. The standard InChI is InChI=1S/C29H30N6O5/c1-5-23-22(20-14-31-34(2)16-20)13-24-27(32-23)35(29(33-24)40-28(30)36)15-19-8-11-25(26(12-19)38-4)39-17-18-6-9-21(37-3)10-7-18/h6-14,16H,5,15,17H2,1-4H3,(H2,30,36).